The van der Waals surface area contributed by atoms with Gasteiger partial charge in [0.15, 0.2) is 5.69 Å². The van der Waals surface area contributed by atoms with Crippen molar-refractivity contribution in [2.24, 2.45) is 0 Å². The summed E-state index contributed by atoms with van der Waals surface area (Å²) >= 11 is 0. The van der Waals surface area contributed by atoms with E-state index in [9.17, 15) is 26.7 Å². The Bertz CT molecular complexity index is 1720. The van der Waals surface area contributed by atoms with Crippen LogP contribution in [0.5, 0.6) is 5.88 Å². The summed E-state index contributed by atoms with van der Waals surface area (Å²) < 4.78 is 73.8. The van der Waals surface area contributed by atoms with Crippen molar-refractivity contribution in [3.05, 3.63) is 100 Å². The van der Waals surface area contributed by atoms with Crippen molar-refractivity contribution in [2.45, 2.75) is 26.6 Å². The van der Waals surface area contributed by atoms with E-state index >= 15 is 0 Å². The molecule has 0 fully saturated rings. The summed E-state index contributed by atoms with van der Waals surface area (Å²) in [4.78, 5) is 12.9. The standard InChI is InChI=1S/C26H19F5N6O2/c1-15-12-19(37-23(8-10-32-37)39-25(27)28)6-7-20(15)35-11-9-22(38)24(34-35)21-13-16(2)33-36(21)18-5-3-4-17(14-18)26(29,30)31/h3-14,25H,1-2H3. The molecule has 0 spiro atoms. The third kappa shape index (κ3) is 5.15. The predicted molar refractivity (Wildman–Crippen MR) is 131 cm³/mol. The molecule has 0 saturated carbocycles. The van der Waals surface area contributed by atoms with Gasteiger partial charge >= 0.3 is 12.8 Å². The Balaban J connectivity index is 1.56. The third-order valence-corrected chi connectivity index (χ3v) is 5.79. The third-order valence-electron chi connectivity index (χ3n) is 5.79. The fourth-order valence-electron chi connectivity index (χ4n) is 4.09. The van der Waals surface area contributed by atoms with Crippen LogP contribution in [-0.2, 0) is 6.18 Å². The number of ether oxygens (including phenoxy) is 1. The molecular formula is C26H19F5N6O2. The molecule has 0 saturated heterocycles. The van der Waals surface area contributed by atoms with Gasteiger partial charge in [-0.25, -0.2) is 14.0 Å². The van der Waals surface area contributed by atoms with Crippen LogP contribution in [0, 0.1) is 13.8 Å². The number of halogens is 5. The number of hydrogen-bond donors (Lipinski definition) is 0. The summed E-state index contributed by atoms with van der Waals surface area (Å²) in [5.74, 6) is -0.140. The Hall–Kier alpha value is -4.81. The maximum atomic E-state index is 13.3. The molecule has 0 amide bonds. The Morgan fingerprint density at radius 1 is 0.897 bits per heavy atom. The highest BCUT2D eigenvalue weighted by atomic mass is 19.4. The molecular weight excluding hydrogens is 523 g/mol. The minimum atomic E-state index is -4.55. The average molecular weight is 542 g/mol. The highest BCUT2D eigenvalue weighted by Crippen LogP contribution is 2.31. The number of aryl methyl sites for hydroxylation is 2. The van der Waals surface area contributed by atoms with Crippen molar-refractivity contribution in [3.63, 3.8) is 0 Å². The van der Waals surface area contributed by atoms with Crippen LogP contribution in [0.3, 0.4) is 0 Å². The molecule has 0 aliphatic rings. The van der Waals surface area contributed by atoms with E-state index < -0.39 is 23.8 Å². The molecule has 0 N–H and O–H groups in total. The Morgan fingerprint density at radius 2 is 1.67 bits per heavy atom. The second kappa shape index (κ2) is 9.82. The van der Waals surface area contributed by atoms with Crippen molar-refractivity contribution in [2.75, 3.05) is 0 Å². The molecule has 3 aromatic heterocycles. The summed E-state index contributed by atoms with van der Waals surface area (Å²) in [7, 11) is 0. The van der Waals surface area contributed by atoms with Gasteiger partial charge in [-0.3, -0.25) is 4.79 Å². The smallest absolute Gasteiger partial charge is 0.416 e. The van der Waals surface area contributed by atoms with Crippen molar-refractivity contribution >= 4 is 0 Å². The van der Waals surface area contributed by atoms with Crippen LogP contribution in [-0.4, -0.2) is 36.0 Å². The van der Waals surface area contributed by atoms with Gasteiger partial charge in [0, 0.05) is 18.3 Å². The van der Waals surface area contributed by atoms with E-state index in [1.54, 1.807) is 38.1 Å². The van der Waals surface area contributed by atoms with Gasteiger partial charge in [-0.15, -0.1) is 0 Å². The van der Waals surface area contributed by atoms with E-state index in [0.29, 0.717) is 22.6 Å². The lowest BCUT2D eigenvalue weighted by molar-refractivity contribution is -0.137. The van der Waals surface area contributed by atoms with Crippen molar-refractivity contribution in [1.29, 1.82) is 0 Å². The van der Waals surface area contributed by atoms with Gasteiger partial charge in [0.2, 0.25) is 11.3 Å². The van der Waals surface area contributed by atoms with Crippen LogP contribution in [0.25, 0.3) is 28.5 Å². The fourth-order valence-corrected chi connectivity index (χ4v) is 4.09. The zero-order valence-corrected chi connectivity index (χ0v) is 20.4. The molecule has 3 heterocycles. The lowest BCUT2D eigenvalue weighted by Gasteiger charge is -2.14. The first-order chi connectivity index (χ1) is 18.5. The van der Waals surface area contributed by atoms with E-state index in [1.807, 2.05) is 0 Å². The number of aromatic nitrogens is 6. The largest absolute Gasteiger partial charge is 0.417 e. The summed E-state index contributed by atoms with van der Waals surface area (Å²) in [6.07, 6.45) is -1.78. The summed E-state index contributed by atoms with van der Waals surface area (Å²) in [5.41, 5.74) is 1.14. The minimum Gasteiger partial charge on any atom is -0.417 e. The van der Waals surface area contributed by atoms with Gasteiger partial charge in [-0.1, -0.05) is 6.07 Å². The second-order valence-corrected chi connectivity index (χ2v) is 8.53. The van der Waals surface area contributed by atoms with Crippen molar-refractivity contribution < 1.29 is 26.7 Å². The molecule has 0 atom stereocenters. The topological polar surface area (TPSA) is 79.8 Å². The van der Waals surface area contributed by atoms with Gasteiger partial charge in [0.1, 0.15) is 0 Å². The molecule has 0 bridgehead atoms. The fraction of sp³-hybridized carbons (Fsp3) is 0.154. The number of rotatable bonds is 6. The summed E-state index contributed by atoms with van der Waals surface area (Å²) in [6, 6.07) is 13.7. The first kappa shape index (κ1) is 25.8. The maximum Gasteiger partial charge on any atom is 0.416 e. The molecule has 0 radical (unpaired) electrons. The average Bonchev–Trinajstić information content (AvgIpc) is 3.50. The van der Waals surface area contributed by atoms with Crippen molar-refractivity contribution in [3.8, 4) is 34.3 Å². The van der Waals surface area contributed by atoms with Crippen LogP contribution >= 0.6 is 0 Å². The predicted octanol–water partition coefficient (Wildman–Crippen LogP) is 5.51. The molecule has 2 aromatic carbocycles. The molecule has 200 valence electrons. The molecule has 0 unspecified atom stereocenters. The summed E-state index contributed by atoms with van der Waals surface area (Å²) in [5, 5.41) is 12.8. The molecule has 5 rings (SSSR count). The van der Waals surface area contributed by atoms with Gasteiger partial charge in [0.25, 0.3) is 0 Å². The molecule has 13 heteroatoms. The summed E-state index contributed by atoms with van der Waals surface area (Å²) in [6.45, 7) is 0.392. The van der Waals surface area contributed by atoms with E-state index in [2.05, 4.69) is 20.0 Å². The minimum absolute atomic E-state index is 0.0290. The van der Waals surface area contributed by atoms with Gasteiger partial charge in [-0.05, 0) is 61.9 Å². The van der Waals surface area contributed by atoms with E-state index in [-0.39, 0.29) is 23.0 Å². The molecule has 39 heavy (non-hydrogen) atoms. The van der Waals surface area contributed by atoms with Gasteiger partial charge in [0.05, 0.1) is 40.2 Å². The first-order valence-corrected chi connectivity index (χ1v) is 11.5. The highest BCUT2D eigenvalue weighted by molar-refractivity contribution is 5.59. The second-order valence-electron chi connectivity index (χ2n) is 8.53. The molecule has 5 aromatic rings. The van der Waals surface area contributed by atoms with Crippen LogP contribution in [0.1, 0.15) is 16.8 Å². The molecule has 0 aliphatic carbocycles. The van der Waals surface area contributed by atoms with Crippen LogP contribution in [0.2, 0.25) is 0 Å². The van der Waals surface area contributed by atoms with Crippen LogP contribution < -0.4 is 10.2 Å². The van der Waals surface area contributed by atoms with E-state index in [1.165, 1.54) is 50.7 Å². The monoisotopic (exact) mass is 542 g/mol. The van der Waals surface area contributed by atoms with Gasteiger partial charge in [-0.2, -0.15) is 37.2 Å². The number of benzene rings is 2. The number of hydrogen-bond acceptors (Lipinski definition) is 5. The normalized spacial score (nSPS) is 11.8. The van der Waals surface area contributed by atoms with E-state index in [0.717, 1.165) is 12.1 Å². The SMILES string of the molecule is Cc1cc(-c2nn(-c3ccc(-n4nccc4OC(F)F)cc3C)ccc2=O)n(-c2cccc(C(F)(F)F)c2)n1. The Labute approximate surface area is 217 Å². The quantitative estimate of drug-likeness (QED) is 0.265. The lowest BCUT2D eigenvalue weighted by atomic mass is 10.1. The molecule has 8 nitrogen and oxygen atoms in total. The highest BCUT2D eigenvalue weighted by Gasteiger charge is 2.31. The first-order valence-electron chi connectivity index (χ1n) is 11.5. The van der Waals surface area contributed by atoms with E-state index in [4.69, 9.17) is 0 Å². The Morgan fingerprint density at radius 3 is 2.38 bits per heavy atom. The zero-order chi connectivity index (χ0) is 27.9. The maximum absolute atomic E-state index is 13.3. The van der Waals surface area contributed by atoms with Crippen molar-refractivity contribution in [1.82, 2.24) is 29.3 Å². The number of alkyl halides is 5. The van der Waals surface area contributed by atoms with Crippen LogP contribution in [0.4, 0.5) is 22.0 Å². The van der Waals surface area contributed by atoms with Crippen LogP contribution in [0.15, 0.2) is 77.9 Å². The molecule has 0 aliphatic heterocycles. The Kier molecular flexibility index (Phi) is 6.50. The number of nitrogens with zero attached hydrogens (tertiary/aromatic N) is 6. The lowest BCUT2D eigenvalue weighted by Crippen LogP contribution is -2.16. The zero-order valence-electron chi connectivity index (χ0n) is 20.4. The van der Waals surface area contributed by atoms with Gasteiger partial charge < -0.3 is 4.74 Å².